The van der Waals surface area contributed by atoms with Crippen LogP contribution in [0.25, 0.3) is 0 Å². The lowest BCUT2D eigenvalue weighted by Gasteiger charge is -2.18. The van der Waals surface area contributed by atoms with E-state index in [-0.39, 0.29) is 24.3 Å². The van der Waals surface area contributed by atoms with Crippen LogP contribution >= 0.6 is 0 Å². The molecule has 138 valence electrons. The molecule has 1 aliphatic rings. The minimum atomic E-state index is -0.227. The maximum atomic E-state index is 12.6. The zero-order valence-electron chi connectivity index (χ0n) is 15.4. The molecule has 1 aromatic carbocycles. The van der Waals surface area contributed by atoms with E-state index in [9.17, 15) is 9.59 Å². The van der Waals surface area contributed by atoms with Crippen molar-refractivity contribution in [2.24, 2.45) is 0 Å². The molecule has 2 amide bonds. The normalized spacial score (nSPS) is 16.8. The molecule has 0 spiro atoms. The van der Waals surface area contributed by atoms with Gasteiger partial charge in [0, 0.05) is 37.0 Å². The van der Waals surface area contributed by atoms with Crippen LogP contribution in [0.1, 0.15) is 35.8 Å². The Balaban J connectivity index is 1.68. The van der Waals surface area contributed by atoms with E-state index in [1.54, 1.807) is 18.2 Å². The van der Waals surface area contributed by atoms with Crippen LogP contribution in [-0.2, 0) is 11.3 Å². The number of amides is 2. The zero-order valence-corrected chi connectivity index (χ0v) is 15.4. The van der Waals surface area contributed by atoms with Gasteiger partial charge in [0.15, 0.2) is 0 Å². The molecule has 0 aliphatic carbocycles. The first kappa shape index (κ1) is 18.0. The Kier molecular flexibility index (Phi) is 5.25. The quantitative estimate of drug-likeness (QED) is 0.860. The van der Waals surface area contributed by atoms with Crippen LogP contribution in [0.3, 0.4) is 0 Å². The molecule has 1 aliphatic heterocycles. The number of nitrogens with one attached hydrogen (secondary N) is 1. The van der Waals surface area contributed by atoms with Crippen LogP contribution in [0.15, 0.2) is 30.5 Å². The van der Waals surface area contributed by atoms with E-state index in [1.807, 2.05) is 35.9 Å². The molecule has 1 fully saturated rings. The van der Waals surface area contributed by atoms with Gasteiger partial charge in [-0.2, -0.15) is 5.10 Å². The fraction of sp³-hybridized carbons (Fsp3) is 0.421. The molecule has 0 bridgehead atoms. The van der Waals surface area contributed by atoms with Crippen molar-refractivity contribution in [3.8, 4) is 5.75 Å². The lowest BCUT2D eigenvalue weighted by Crippen LogP contribution is -2.37. The summed E-state index contributed by atoms with van der Waals surface area (Å²) in [6.07, 6.45) is 2.83. The van der Waals surface area contributed by atoms with Gasteiger partial charge in [-0.25, -0.2) is 0 Å². The number of rotatable bonds is 6. The third-order valence-electron chi connectivity index (χ3n) is 4.61. The highest BCUT2D eigenvalue weighted by molar-refractivity contribution is 5.99. The van der Waals surface area contributed by atoms with Gasteiger partial charge < -0.3 is 15.0 Å². The minimum Gasteiger partial charge on any atom is -0.497 e. The first-order valence-corrected chi connectivity index (χ1v) is 8.81. The van der Waals surface area contributed by atoms with E-state index in [4.69, 9.17) is 4.74 Å². The summed E-state index contributed by atoms with van der Waals surface area (Å²) in [6, 6.07) is 7.14. The largest absolute Gasteiger partial charge is 0.497 e. The molecule has 2 heterocycles. The van der Waals surface area contributed by atoms with Crippen molar-refractivity contribution < 1.29 is 14.3 Å². The summed E-state index contributed by atoms with van der Waals surface area (Å²) >= 11 is 0. The van der Waals surface area contributed by atoms with Gasteiger partial charge in [0.25, 0.3) is 5.91 Å². The molecule has 1 N–H and O–H groups in total. The molecule has 7 heteroatoms. The number of anilines is 1. The molecular weight excluding hydrogens is 332 g/mol. The summed E-state index contributed by atoms with van der Waals surface area (Å²) in [5, 5.41) is 7.23. The smallest absolute Gasteiger partial charge is 0.255 e. The lowest BCUT2D eigenvalue weighted by molar-refractivity contribution is -0.117. The molecular formula is C19H24N4O3. The Morgan fingerprint density at radius 3 is 2.96 bits per heavy atom. The zero-order chi connectivity index (χ0) is 18.7. The first-order valence-electron chi connectivity index (χ1n) is 8.81. The van der Waals surface area contributed by atoms with Gasteiger partial charge in [-0.3, -0.25) is 14.3 Å². The Bertz CT molecular complexity index is 815. The molecule has 0 radical (unpaired) electrons. The number of benzene rings is 1. The van der Waals surface area contributed by atoms with Crippen molar-refractivity contribution >= 4 is 17.5 Å². The molecule has 2 aromatic rings. The highest BCUT2D eigenvalue weighted by atomic mass is 16.5. The number of methoxy groups -OCH3 is 1. The molecule has 3 rings (SSSR count). The Morgan fingerprint density at radius 1 is 1.42 bits per heavy atom. The van der Waals surface area contributed by atoms with Crippen molar-refractivity contribution in [1.82, 2.24) is 15.1 Å². The van der Waals surface area contributed by atoms with Gasteiger partial charge in [-0.05, 0) is 25.5 Å². The Labute approximate surface area is 152 Å². The number of aryl methyl sites for hydroxylation is 1. The van der Waals surface area contributed by atoms with Crippen LogP contribution in [0.4, 0.5) is 5.69 Å². The highest BCUT2D eigenvalue weighted by Gasteiger charge is 2.32. The minimum absolute atomic E-state index is 0.0121. The molecule has 0 unspecified atom stereocenters. The average Bonchev–Trinajstić information content (AvgIpc) is 3.18. The fourth-order valence-corrected chi connectivity index (χ4v) is 3.20. The predicted octanol–water partition coefficient (Wildman–Crippen LogP) is 2.15. The Morgan fingerprint density at radius 2 is 2.23 bits per heavy atom. The second-order valence-electron chi connectivity index (χ2n) is 6.45. The predicted molar refractivity (Wildman–Crippen MR) is 98.5 cm³/mol. The molecule has 26 heavy (non-hydrogen) atoms. The summed E-state index contributed by atoms with van der Waals surface area (Å²) in [5.41, 5.74) is 2.18. The number of nitrogens with zero attached hydrogens (tertiary/aromatic N) is 3. The number of carbonyl (C=O) groups excluding carboxylic acids is 2. The summed E-state index contributed by atoms with van der Waals surface area (Å²) in [6.45, 7) is 5.18. The van der Waals surface area contributed by atoms with E-state index < -0.39 is 0 Å². The number of ether oxygens (including phenoxy) is 1. The molecule has 1 saturated heterocycles. The highest BCUT2D eigenvalue weighted by Crippen LogP contribution is 2.25. The number of carbonyl (C=O) groups is 2. The second-order valence-corrected chi connectivity index (χ2v) is 6.45. The van der Waals surface area contributed by atoms with Crippen LogP contribution in [-0.4, -0.2) is 41.3 Å². The van der Waals surface area contributed by atoms with E-state index in [0.717, 1.165) is 24.3 Å². The van der Waals surface area contributed by atoms with Gasteiger partial charge >= 0.3 is 0 Å². The van der Waals surface area contributed by atoms with E-state index in [1.165, 1.54) is 0 Å². The molecule has 1 atom stereocenters. The van der Waals surface area contributed by atoms with Crippen molar-refractivity contribution in [2.45, 2.75) is 39.3 Å². The standard InChI is InChI=1S/C19H24N4O3/c1-4-8-23-13(2)17(11-20-23)19(25)21-14-9-18(24)22(12-14)15-6-5-7-16(10-15)26-3/h5-7,10-11,14H,4,8-9,12H2,1-3H3,(H,21,25)/t14-/m0/s1. The van der Waals surface area contributed by atoms with Gasteiger partial charge in [0.2, 0.25) is 5.91 Å². The molecule has 0 saturated carbocycles. The SMILES string of the molecule is CCCn1ncc(C(=O)N[C@H]2CC(=O)N(c3cccc(OC)c3)C2)c1C. The van der Waals surface area contributed by atoms with Gasteiger partial charge in [-0.15, -0.1) is 0 Å². The lowest BCUT2D eigenvalue weighted by atomic mass is 10.2. The van der Waals surface area contributed by atoms with Crippen LogP contribution in [0.2, 0.25) is 0 Å². The van der Waals surface area contributed by atoms with E-state index >= 15 is 0 Å². The van der Waals surface area contributed by atoms with Crippen LogP contribution < -0.4 is 15.0 Å². The van der Waals surface area contributed by atoms with Crippen molar-refractivity contribution in [2.75, 3.05) is 18.6 Å². The fourth-order valence-electron chi connectivity index (χ4n) is 3.20. The average molecular weight is 356 g/mol. The van der Waals surface area contributed by atoms with Gasteiger partial charge in [0.05, 0.1) is 24.9 Å². The third kappa shape index (κ3) is 3.56. The van der Waals surface area contributed by atoms with Crippen LogP contribution in [0, 0.1) is 6.92 Å². The summed E-state index contributed by atoms with van der Waals surface area (Å²) < 4.78 is 7.05. The maximum absolute atomic E-state index is 12.6. The maximum Gasteiger partial charge on any atom is 0.255 e. The number of hydrogen-bond donors (Lipinski definition) is 1. The monoisotopic (exact) mass is 356 g/mol. The Hall–Kier alpha value is -2.83. The van der Waals surface area contributed by atoms with E-state index in [0.29, 0.717) is 17.9 Å². The molecule has 7 nitrogen and oxygen atoms in total. The third-order valence-corrected chi connectivity index (χ3v) is 4.61. The van der Waals surface area contributed by atoms with Crippen molar-refractivity contribution in [3.63, 3.8) is 0 Å². The summed E-state index contributed by atoms with van der Waals surface area (Å²) in [5.74, 6) is 0.499. The van der Waals surface area contributed by atoms with Gasteiger partial charge in [0.1, 0.15) is 5.75 Å². The molecule has 1 aromatic heterocycles. The summed E-state index contributed by atoms with van der Waals surface area (Å²) in [4.78, 5) is 26.6. The second kappa shape index (κ2) is 7.59. The van der Waals surface area contributed by atoms with Crippen molar-refractivity contribution in [3.05, 3.63) is 41.7 Å². The first-order chi connectivity index (χ1) is 12.5. The van der Waals surface area contributed by atoms with Crippen molar-refractivity contribution in [1.29, 1.82) is 0 Å². The number of aromatic nitrogens is 2. The van der Waals surface area contributed by atoms with Gasteiger partial charge in [-0.1, -0.05) is 13.0 Å². The summed E-state index contributed by atoms with van der Waals surface area (Å²) in [7, 11) is 1.59. The van der Waals surface area contributed by atoms with E-state index in [2.05, 4.69) is 17.3 Å². The number of hydrogen-bond acceptors (Lipinski definition) is 4. The topological polar surface area (TPSA) is 76.5 Å². The van der Waals surface area contributed by atoms with Crippen LogP contribution in [0.5, 0.6) is 5.75 Å².